The highest BCUT2D eigenvalue weighted by Gasteiger charge is 2.36. The maximum absolute atomic E-state index is 5.93. The van der Waals surface area contributed by atoms with Crippen LogP contribution in [0.25, 0.3) is 0 Å². The largest absolute Gasteiger partial charge is 0.350 e. The van der Waals surface area contributed by atoms with E-state index in [-0.39, 0.29) is 5.79 Å². The van der Waals surface area contributed by atoms with E-state index in [1.54, 1.807) is 0 Å². The van der Waals surface area contributed by atoms with Crippen LogP contribution in [0.2, 0.25) is 0 Å². The van der Waals surface area contributed by atoms with Crippen LogP contribution in [0.4, 0.5) is 0 Å². The molecule has 2 heteroatoms. The van der Waals surface area contributed by atoms with E-state index in [1.165, 1.54) is 12.8 Å². The van der Waals surface area contributed by atoms with E-state index in [4.69, 9.17) is 9.47 Å². The molecule has 0 unspecified atom stereocenters. The predicted molar refractivity (Wildman–Crippen MR) is 58.2 cm³/mol. The summed E-state index contributed by atoms with van der Waals surface area (Å²) in [6.45, 7) is 8.33. The average Bonchev–Trinajstić information content (AvgIpc) is 2.41. The van der Waals surface area contributed by atoms with Crippen molar-refractivity contribution in [1.29, 1.82) is 0 Å². The molecule has 0 bridgehead atoms. The molecule has 1 rings (SSSR count). The van der Waals surface area contributed by atoms with Crippen molar-refractivity contribution in [2.24, 2.45) is 5.92 Å². The lowest BCUT2D eigenvalue weighted by molar-refractivity contribution is -0.255. The van der Waals surface area contributed by atoms with Gasteiger partial charge in [-0.25, -0.2) is 0 Å². The highest BCUT2D eigenvalue weighted by atomic mass is 16.7. The minimum Gasteiger partial charge on any atom is -0.350 e. The summed E-state index contributed by atoms with van der Waals surface area (Å²) >= 11 is 0. The van der Waals surface area contributed by atoms with E-state index in [9.17, 15) is 0 Å². The zero-order chi connectivity index (χ0) is 10.4. The summed E-state index contributed by atoms with van der Waals surface area (Å²) in [5.41, 5.74) is 0. The molecule has 1 heterocycles. The Bertz CT molecular complexity index is 146. The highest BCUT2D eigenvalue weighted by molar-refractivity contribution is 4.75. The lowest BCUT2D eigenvalue weighted by Crippen LogP contribution is -2.40. The number of hydrogen-bond acceptors (Lipinski definition) is 2. The molecule has 1 aliphatic rings. The van der Waals surface area contributed by atoms with Gasteiger partial charge in [0.1, 0.15) is 0 Å². The molecule has 1 aliphatic heterocycles. The quantitative estimate of drug-likeness (QED) is 0.693. The van der Waals surface area contributed by atoms with E-state index in [2.05, 4.69) is 20.8 Å². The van der Waals surface area contributed by atoms with Crippen molar-refractivity contribution in [2.45, 2.75) is 58.7 Å². The van der Waals surface area contributed by atoms with Gasteiger partial charge in [-0.15, -0.1) is 0 Å². The summed E-state index contributed by atoms with van der Waals surface area (Å²) in [4.78, 5) is 0. The van der Waals surface area contributed by atoms with Crippen LogP contribution in [-0.2, 0) is 9.47 Å². The Morgan fingerprint density at radius 3 is 2.14 bits per heavy atom. The molecule has 2 nitrogen and oxygen atoms in total. The second-order valence-electron chi connectivity index (χ2n) is 4.47. The monoisotopic (exact) mass is 200 g/mol. The molecule has 0 aliphatic carbocycles. The molecule has 0 atom stereocenters. The van der Waals surface area contributed by atoms with Crippen LogP contribution < -0.4 is 0 Å². The van der Waals surface area contributed by atoms with Gasteiger partial charge in [-0.3, -0.25) is 0 Å². The third kappa shape index (κ3) is 2.96. The van der Waals surface area contributed by atoms with E-state index >= 15 is 0 Å². The van der Waals surface area contributed by atoms with Gasteiger partial charge >= 0.3 is 0 Å². The minimum absolute atomic E-state index is 0.285. The van der Waals surface area contributed by atoms with E-state index in [0.717, 1.165) is 32.5 Å². The zero-order valence-corrected chi connectivity index (χ0v) is 9.84. The van der Waals surface area contributed by atoms with Crippen molar-refractivity contribution in [1.82, 2.24) is 0 Å². The lowest BCUT2D eigenvalue weighted by atomic mass is 9.96. The summed E-state index contributed by atoms with van der Waals surface area (Å²) in [5, 5.41) is 0. The van der Waals surface area contributed by atoms with Gasteiger partial charge in [0.2, 0.25) is 0 Å². The minimum atomic E-state index is -0.285. The molecule has 0 saturated carbocycles. The van der Waals surface area contributed by atoms with E-state index in [1.807, 2.05) is 0 Å². The van der Waals surface area contributed by atoms with Crippen LogP contribution in [-0.4, -0.2) is 19.0 Å². The van der Waals surface area contributed by atoms with Crippen LogP contribution in [0.3, 0.4) is 0 Å². The molecule has 0 N–H and O–H groups in total. The smallest absolute Gasteiger partial charge is 0.170 e. The third-order valence-electron chi connectivity index (χ3n) is 2.99. The Labute approximate surface area is 88.0 Å². The number of rotatable bonds is 4. The van der Waals surface area contributed by atoms with Crippen molar-refractivity contribution >= 4 is 0 Å². The molecule has 0 aromatic rings. The molecule has 0 aromatic heterocycles. The molecular weight excluding hydrogens is 176 g/mol. The number of hydrogen-bond donors (Lipinski definition) is 0. The van der Waals surface area contributed by atoms with Gasteiger partial charge in [0.15, 0.2) is 5.79 Å². The highest BCUT2D eigenvalue weighted by Crippen LogP contribution is 2.31. The van der Waals surface area contributed by atoms with Crippen LogP contribution in [0, 0.1) is 5.92 Å². The molecule has 0 radical (unpaired) electrons. The van der Waals surface area contributed by atoms with E-state index < -0.39 is 0 Å². The van der Waals surface area contributed by atoms with Crippen LogP contribution in [0.1, 0.15) is 52.9 Å². The molecule has 0 aromatic carbocycles. The summed E-state index contributed by atoms with van der Waals surface area (Å²) < 4.78 is 11.9. The van der Waals surface area contributed by atoms with E-state index in [0.29, 0.717) is 5.92 Å². The van der Waals surface area contributed by atoms with Gasteiger partial charge in [0, 0.05) is 12.3 Å². The van der Waals surface area contributed by atoms with Gasteiger partial charge in [0.05, 0.1) is 13.2 Å². The SMILES string of the molecule is CCCCC1(C(C)C)OCCCCO1. The van der Waals surface area contributed by atoms with Gasteiger partial charge in [0.25, 0.3) is 0 Å². The molecule has 0 spiro atoms. The molecule has 1 saturated heterocycles. The average molecular weight is 200 g/mol. The second kappa shape index (κ2) is 5.72. The molecule has 1 fully saturated rings. The maximum Gasteiger partial charge on any atom is 0.170 e. The predicted octanol–water partition coefficient (Wildman–Crippen LogP) is 3.36. The normalized spacial score (nSPS) is 22.3. The first-order valence-corrected chi connectivity index (χ1v) is 5.99. The fraction of sp³-hybridized carbons (Fsp3) is 1.00. The van der Waals surface area contributed by atoms with Crippen LogP contribution in [0.15, 0.2) is 0 Å². The van der Waals surface area contributed by atoms with Gasteiger partial charge in [-0.05, 0) is 19.3 Å². The third-order valence-corrected chi connectivity index (χ3v) is 2.99. The van der Waals surface area contributed by atoms with Crippen molar-refractivity contribution < 1.29 is 9.47 Å². The topological polar surface area (TPSA) is 18.5 Å². The summed E-state index contributed by atoms with van der Waals surface area (Å²) in [5.74, 6) is 0.166. The van der Waals surface area contributed by atoms with Crippen molar-refractivity contribution in [3.63, 3.8) is 0 Å². The maximum atomic E-state index is 5.93. The van der Waals surface area contributed by atoms with Crippen molar-refractivity contribution in [3.8, 4) is 0 Å². The Balaban J connectivity index is 2.57. The zero-order valence-electron chi connectivity index (χ0n) is 9.84. The Morgan fingerprint density at radius 1 is 1.14 bits per heavy atom. The first-order valence-electron chi connectivity index (χ1n) is 5.99. The molecular formula is C12H24O2. The number of ether oxygens (including phenoxy) is 2. The van der Waals surface area contributed by atoms with Crippen molar-refractivity contribution in [3.05, 3.63) is 0 Å². The standard InChI is InChI=1S/C12H24O2/c1-4-5-8-12(11(2)3)13-9-6-7-10-14-12/h11H,4-10H2,1-3H3. The first kappa shape index (κ1) is 12.0. The fourth-order valence-electron chi connectivity index (χ4n) is 1.93. The summed E-state index contributed by atoms with van der Waals surface area (Å²) in [6, 6.07) is 0. The van der Waals surface area contributed by atoms with Crippen LogP contribution in [0.5, 0.6) is 0 Å². The lowest BCUT2D eigenvalue weighted by Gasteiger charge is -2.36. The fourth-order valence-corrected chi connectivity index (χ4v) is 1.93. The molecule has 84 valence electrons. The van der Waals surface area contributed by atoms with Crippen molar-refractivity contribution in [2.75, 3.05) is 13.2 Å². The number of unbranched alkanes of at least 4 members (excludes halogenated alkanes) is 1. The van der Waals surface area contributed by atoms with Crippen LogP contribution >= 0.6 is 0 Å². The Hall–Kier alpha value is -0.0800. The molecule has 14 heavy (non-hydrogen) atoms. The van der Waals surface area contributed by atoms with Gasteiger partial charge in [-0.2, -0.15) is 0 Å². The second-order valence-corrected chi connectivity index (χ2v) is 4.47. The summed E-state index contributed by atoms with van der Waals surface area (Å²) in [6.07, 6.45) is 5.72. The summed E-state index contributed by atoms with van der Waals surface area (Å²) in [7, 11) is 0. The molecule has 0 amide bonds. The Kier molecular flexibility index (Phi) is 4.90. The van der Waals surface area contributed by atoms with Gasteiger partial charge in [-0.1, -0.05) is 27.2 Å². The van der Waals surface area contributed by atoms with Gasteiger partial charge < -0.3 is 9.47 Å². The Morgan fingerprint density at radius 2 is 1.71 bits per heavy atom. The first-order chi connectivity index (χ1) is 6.71.